The van der Waals surface area contributed by atoms with Gasteiger partial charge in [0.15, 0.2) is 0 Å². The second-order valence-corrected chi connectivity index (χ2v) is 3.60. The number of ether oxygens (including phenoxy) is 1. The van der Waals surface area contributed by atoms with Crippen molar-refractivity contribution in [2.75, 3.05) is 26.3 Å². The van der Waals surface area contributed by atoms with E-state index in [2.05, 4.69) is 4.74 Å². The van der Waals surface area contributed by atoms with Crippen LogP contribution in [-0.4, -0.2) is 60.2 Å². The van der Waals surface area contributed by atoms with Gasteiger partial charge in [-0.05, 0) is 0 Å². The highest BCUT2D eigenvalue weighted by Crippen LogP contribution is 2.47. The first-order chi connectivity index (χ1) is 8.05. The van der Waals surface area contributed by atoms with Gasteiger partial charge >= 0.3 is 23.9 Å². The average Bonchev–Trinajstić information content (AvgIpc) is 2.27. The van der Waals surface area contributed by atoms with Crippen LogP contribution >= 0.6 is 0 Å². The summed E-state index contributed by atoms with van der Waals surface area (Å²) in [5.41, 5.74) is -5.66. The van der Waals surface area contributed by atoms with Crippen molar-refractivity contribution >= 4 is 5.97 Å². The molecule has 10 heteroatoms. The van der Waals surface area contributed by atoms with Gasteiger partial charge in [-0.1, -0.05) is 0 Å². The number of morpholine rings is 1. The van der Waals surface area contributed by atoms with Crippen LogP contribution in [-0.2, 0) is 9.53 Å². The van der Waals surface area contributed by atoms with E-state index in [9.17, 15) is 31.1 Å². The largest absolute Gasteiger partial charge is 0.478 e. The lowest BCUT2D eigenvalue weighted by Crippen LogP contribution is -2.68. The molecule has 18 heavy (non-hydrogen) atoms. The zero-order valence-corrected chi connectivity index (χ0v) is 8.81. The highest BCUT2D eigenvalue weighted by molar-refractivity contribution is 5.80. The summed E-state index contributed by atoms with van der Waals surface area (Å²) in [6, 6.07) is -5.21. The minimum absolute atomic E-state index is 0.182. The molecule has 1 heterocycles. The van der Waals surface area contributed by atoms with E-state index in [4.69, 9.17) is 5.11 Å². The number of carbonyl (C=O) groups is 1. The maximum Gasteiger partial charge on any atom is 0.441 e. The molecule has 1 rings (SSSR count). The van der Waals surface area contributed by atoms with Crippen molar-refractivity contribution in [1.82, 2.24) is 4.90 Å². The van der Waals surface area contributed by atoms with Crippen molar-refractivity contribution in [2.24, 2.45) is 0 Å². The molecule has 106 valence electrons. The van der Waals surface area contributed by atoms with E-state index in [-0.39, 0.29) is 18.1 Å². The molecular weight excluding hydrogens is 272 g/mol. The fourth-order valence-corrected chi connectivity index (χ4v) is 1.48. The number of halogens is 6. The first-order valence-corrected chi connectivity index (χ1v) is 4.75. The van der Waals surface area contributed by atoms with Crippen molar-refractivity contribution in [3.8, 4) is 0 Å². The molecule has 0 aromatic carbocycles. The van der Waals surface area contributed by atoms with E-state index in [0.717, 1.165) is 0 Å². The van der Waals surface area contributed by atoms with E-state index in [1.54, 1.807) is 0 Å². The minimum atomic E-state index is -6.24. The lowest BCUT2D eigenvalue weighted by molar-refractivity contribution is -0.336. The maximum absolute atomic E-state index is 13.5. The first-order valence-electron chi connectivity index (χ1n) is 4.75. The third kappa shape index (κ3) is 2.14. The van der Waals surface area contributed by atoms with Crippen LogP contribution in [0.5, 0.6) is 0 Å². The van der Waals surface area contributed by atoms with Gasteiger partial charge in [0, 0.05) is 13.1 Å². The first kappa shape index (κ1) is 15.0. The van der Waals surface area contributed by atoms with Crippen LogP contribution in [0.1, 0.15) is 0 Å². The zero-order valence-electron chi connectivity index (χ0n) is 8.81. The summed E-state index contributed by atoms with van der Waals surface area (Å²) in [5, 5.41) is 8.20. The molecule has 0 bridgehead atoms. The summed E-state index contributed by atoms with van der Waals surface area (Å²) in [7, 11) is 0. The summed E-state index contributed by atoms with van der Waals surface area (Å²) in [6.45, 7) is -2.05. The van der Waals surface area contributed by atoms with Gasteiger partial charge < -0.3 is 9.84 Å². The summed E-state index contributed by atoms with van der Waals surface area (Å²) in [5.74, 6) is -3.27. The van der Waals surface area contributed by atoms with Crippen molar-refractivity contribution in [1.29, 1.82) is 0 Å². The minimum Gasteiger partial charge on any atom is -0.478 e. The Balaban J connectivity index is 3.15. The van der Waals surface area contributed by atoms with E-state index in [1.165, 1.54) is 0 Å². The zero-order chi connectivity index (χ0) is 14.2. The quantitative estimate of drug-likeness (QED) is 0.625. The Morgan fingerprint density at radius 1 is 1.06 bits per heavy atom. The molecule has 4 nitrogen and oxygen atoms in total. The Bertz CT molecular complexity index is 327. The fourth-order valence-electron chi connectivity index (χ4n) is 1.48. The van der Waals surface area contributed by atoms with E-state index in [1.807, 2.05) is 0 Å². The smallest absolute Gasteiger partial charge is 0.441 e. The number of alkyl halides is 6. The fraction of sp³-hybridized carbons (Fsp3) is 0.875. The van der Waals surface area contributed by atoms with E-state index >= 15 is 0 Å². The molecule has 1 aliphatic rings. The normalized spacial score (nSPS) is 22.6. The van der Waals surface area contributed by atoms with Crippen LogP contribution in [0.4, 0.5) is 26.3 Å². The SMILES string of the molecule is O=C(O)[C@@](F)(C(F)(F)F)C(F)(F)N1CCOCC1. The molecule has 0 unspecified atom stereocenters. The van der Waals surface area contributed by atoms with Crippen LogP contribution < -0.4 is 0 Å². The molecule has 1 atom stereocenters. The molecular formula is C8H9F6NO3. The van der Waals surface area contributed by atoms with Gasteiger partial charge in [-0.3, -0.25) is 0 Å². The van der Waals surface area contributed by atoms with Crippen molar-refractivity contribution in [3.63, 3.8) is 0 Å². The summed E-state index contributed by atoms with van der Waals surface area (Å²) in [4.78, 5) is 10.1. The number of rotatable bonds is 3. The van der Waals surface area contributed by atoms with E-state index < -0.39 is 37.0 Å². The van der Waals surface area contributed by atoms with E-state index in [0.29, 0.717) is 0 Å². The number of hydrogen-bond acceptors (Lipinski definition) is 3. The van der Waals surface area contributed by atoms with Crippen molar-refractivity contribution in [2.45, 2.75) is 17.9 Å². The molecule has 0 aliphatic carbocycles. The predicted octanol–water partition coefficient (Wildman–Crippen LogP) is 1.27. The highest BCUT2D eigenvalue weighted by atomic mass is 19.4. The van der Waals surface area contributed by atoms with Gasteiger partial charge in [0.25, 0.3) is 0 Å². The Morgan fingerprint density at radius 3 is 1.83 bits per heavy atom. The monoisotopic (exact) mass is 281 g/mol. The molecule has 0 spiro atoms. The molecule has 1 fully saturated rings. The molecule has 1 N–H and O–H groups in total. The summed E-state index contributed by atoms with van der Waals surface area (Å²) < 4.78 is 82.0. The molecule has 0 radical (unpaired) electrons. The molecule has 1 aliphatic heterocycles. The number of aliphatic carboxylic acids is 1. The third-order valence-corrected chi connectivity index (χ3v) is 2.51. The van der Waals surface area contributed by atoms with Gasteiger partial charge in [0.1, 0.15) is 0 Å². The lowest BCUT2D eigenvalue weighted by atomic mass is 10.0. The molecule has 0 saturated carbocycles. The second-order valence-electron chi connectivity index (χ2n) is 3.60. The third-order valence-electron chi connectivity index (χ3n) is 2.51. The summed E-state index contributed by atoms with van der Waals surface area (Å²) >= 11 is 0. The van der Waals surface area contributed by atoms with Crippen molar-refractivity contribution in [3.05, 3.63) is 0 Å². The van der Waals surface area contributed by atoms with Gasteiger partial charge in [-0.25, -0.2) is 14.1 Å². The number of carboxylic acid groups (broad SMARTS) is 1. The lowest BCUT2D eigenvalue weighted by Gasteiger charge is -2.40. The predicted molar refractivity (Wildman–Crippen MR) is 44.9 cm³/mol. The number of carboxylic acids is 1. The van der Waals surface area contributed by atoms with Gasteiger partial charge in [-0.2, -0.15) is 22.0 Å². The van der Waals surface area contributed by atoms with Crippen molar-refractivity contribution < 1.29 is 41.0 Å². The number of nitrogens with zero attached hydrogens (tertiary/aromatic N) is 1. The maximum atomic E-state index is 13.5. The van der Waals surface area contributed by atoms with Crippen LogP contribution in [0.25, 0.3) is 0 Å². The molecule has 0 aromatic rings. The van der Waals surface area contributed by atoms with Gasteiger partial charge in [0.2, 0.25) is 0 Å². The van der Waals surface area contributed by atoms with Crippen LogP contribution in [0.15, 0.2) is 0 Å². The van der Waals surface area contributed by atoms with Gasteiger partial charge in [-0.15, -0.1) is 0 Å². The van der Waals surface area contributed by atoms with Crippen LogP contribution in [0.3, 0.4) is 0 Å². The Kier molecular flexibility index (Phi) is 3.82. The Labute approximate surface area is 97.1 Å². The molecule has 0 aromatic heterocycles. The highest BCUT2D eigenvalue weighted by Gasteiger charge is 2.78. The Morgan fingerprint density at radius 2 is 1.50 bits per heavy atom. The number of hydrogen-bond donors (Lipinski definition) is 1. The molecule has 0 amide bonds. The van der Waals surface area contributed by atoms with Crippen LogP contribution in [0.2, 0.25) is 0 Å². The Hall–Kier alpha value is -1.03. The standard InChI is InChI=1S/C8H9F6NO3/c9-6(5(16)17,7(10,11)12)8(13,14)15-1-3-18-4-2-15/h1-4H2,(H,16,17)/t6-/m1/s1. The molecule has 1 saturated heterocycles. The summed E-state index contributed by atoms with van der Waals surface area (Å²) in [6.07, 6.45) is -6.24. The second kappa shape index (κ2) is 4.57. The van der Waals surface area contributed by atoms with Crippen LogP contribution in [0, 0.1) is 0 Å². The average molecular weight is 281 g/mol. The van der Waals surface area contributed by atoms with Gasteiger partial charge in [0.05, 0.1) is 13.2 Å². The topological polar surface area (TPSA) is 49.8 Å².